The summed E-state index contributed by atoms with van der Waals surface area (Å²) in [6, 6.07) is 4.61. The first-order valence-corrected chi connectivity index (χ1v) is 8.34. The summed E-state index contributed by atoms with van der Waals surface area (Å²) in [4.78, 5) is 14.6. The number of amides is 1. The lowest BCUT2D eigenvalue weighted by Crippen LogP contribution is -2.47. The lowest BCUT2D eigenvalue weighted by Gasteiger charge is -2.39. The third kappa shape index (κ3) is 4.16. The Kier molecular flexibility index (Phi) is 6.02. The van der Waals surface area contributed by atoms with Crippen LogP contribution in [0.15, 0.2) is 24.3 Å². The summed E-state index contributed by atoms with van der Waals surface area (Å²) < 4.78 is 39.8. The molecule has 3 nitrogen and oxygen atoms in total. The molecule has 0 radical (unpaired) electrons. The summed E-state index contributed by atoms with van der Waals surface area (Å²) in [6.07, 6.45) is 1.66. The van der Waals surface area contributed by atoms with Gasteiger partial charge in [0.15, 0.2) is 0 Å². The van der Waals surface area contributed by atoms with E-state index in [1.54, 1.807) is 11.8 Å². The molecule has 1 aromatic carbocycles. The van der Waals surface area contributed by atoms with Crippen LogP contribution in [0.1, 0.15) is 61.4 Å². The van der Waals surface area contributed by atoms with E-state index in [2.05, 4.69) is 0 Å². The first kappa shape index (κ1) is 18.5. The number of hydrogen-bond acceptors (Lipinski definition) is 2. The van der Waals surface area contributed by atoms with Crippen molar-refractivity contribution in [2.75, 3.05) is 0 Å². The van der Waals surface area contributed by atoms with E-state index < -0.39 is 17.6 Å². The van der Waals surface area contributed by atoms with E-state index in [-0.39, 0.29) is 17.6 Å². The topological polar surface area (TPSA) is 44.2 Å². The number of carbonyl (C=O) groups excluding carboxylic acids is 1. The maximum Gasteiger partial charge on any atom is 0.417 e. The summed E-state index contributed by atoms with van der Waals surface area (Å²) in [6.45, 7) is 1.80. The quantitative estimate of drug-likeness (QED) is 0.761. The van der Waals surface area contributed by atoms with Crippen LogP contribution >= 0.6 is 0 Å². The van der Waals surface area contributed by atoms with Crippen LogP contribution in [0.4, 0.5) is 13.2 Å². The molecule has 0 saturated heterocycles. The third-order valence-electron chi connectivity index (χ3n) is 4.60. The van der Waals surface area contributed by atoms with Crippen LogP contribution in [0.2, 0.25) is 0 Å². The third-order valence-corrected chi connectivity index (χ3v) is 4.60. The largest absolute Gasteiger partial charge is 0.417 e. The normalized spacial score (nSPS) is 17.3. The first-order valence-electron chi connectivity index (χ1n) is 8.34. The number of halogens is 3. The van der Waals surface area contributed by atoms with Gasteiger partial charge in [-0.05, 0) is 38.1 Å². The Morgan fingerprint density at radius 2 is 1.92 bits per heavy atom. The maximum atomic E-state index is 13.3. The van der Waals surface area contributed by atoms with E-state index in [9.17, 15) is 18.0 Å². The molecule has 1 atom stereocenters. The zero-order valence-electron chi connectivity index (χ0n) is 13.8. The van der Waals surface area contributed by atoms with Crippen molar-refractivity contribution in [2.24, 2.45) is 0 Å². The molecule has 0 heterocycles. The standard InChI is InChI=1S/C18H23F3N2O/c1-13(11-12-22)23(14-7-3-2-4-8-14)17(24)15-9-5-6-10-16(15)18(19,20)21/h5-6,9-10,12-14,22H,2-4,7-8,11H2,1H3/t13-/m0/s1. The van der Waals surface area contributed by atoms with Crippen molar-refractivity contribution < 1.29 is 18.0 Å². The van der Waals surface area contributed by atoms with Crippen molar-refractivity contribution in [3.05, 3.63) is 35.4 Å². The van der Waals surface area contributed by atoms with Crippen molar-refractivity contribution in [1.29, 1.82) is 5.41 Å². The van der Waals surface area contributed by atoms with E-state index in [4.69, 9.17) is 5.41 Å². The number of benzene rings is 1. The zero-order chi connectivity index (χ0) is 17.7. The molecule has 1 saturated carbocycles. The average molecular weight is 340 g/mol. The highest BCUT2D eigenvalue weighted by molar-refractivity contribution is 5.96. The molecule has 1 aliphatic carbocycles. The Labute approximate surface area is 140 Å². The predicted octanol–water partition coefficient (Wildman–Crippen LogP) is 4.91. The molecule has 2 rings (SSSR count). The van der Waals surface area contributed by atoms with Gasteiger partial charge < -0.3 is 10.3 Å². The van der Waals surface area contributed by atoms with Crippen LogP contribution in [0, 0.1) is 5.41 Å². The summed E-state index contributed by atoms with van der Waals surface area (Å²) in [5.41, 5.74) is -1.19. The van der Waals surface area contributed by atoms with Crippen molar-refractivity contribution in [2.45, 2.75) is 63.7 Å². The molecule has 1 aromatic rings. The number of hydrogen-bond donors (Lipinski definition) is 1. The van der Waals surface area contributed by atoms with Gasteiger partial charge in [0.05, 0.1) is 11.1 Å². The fourth-order valence-electron chi connectivity index (χ4n) is 3.43. The molecule has 0 spiro atoms. The minimum absolute atomic E-state index is 0.0533. The minimum atomic E-state index is -4.56. The van der Waals surface area contributed by atoms with E-state index in [1.165, 1.54) is 24.4 Å². The zero-order valence-corrected chi connectivity index (χ0v) is 13.8. The highest BCUT2D eigenvalue weighted by atomic mass is 19.4. The highest BCUT2D eigenvalue weighted by Gasteiger charge is 2.38. The molecule has 0 aliphatic heterocycles. The van der Waals surface area contributed by atoms with Gasteiger partial charge in [-0.2, -0.15) is 13.2 Å². The first-order chi connectivity index (χ1) is 11.4. The molecule has 132 valence electrons. The molecule has 1 fully saturated rings. The van der Waals surface area contributed by atoms with Crippen molar-refractivity contribution in [3.63, 3.8) is 0 Å². The fourth-order valence-corrected chi connectivity index (χ4v) is 3.43. The van der Waals surface area contributed by atoms with E-state index in [0.29, 0.717) is 6.42 Å². The summed E-state index contributed by atoms with van der Waals surface area (Å²) >= 11 is 0. The van der Waals surface area contributed by atoms with E-state index in [0.717, 1.165) is 38.2 Å². The monoisotopic (exact) mass is 340 g/mol. The van der Waals surface area contributed by atoms with Crippen molar-refractivity contribution in [1.82, 2.24) is 4.90 Å². The molecule has 24 heavy (non-hydrogen) atoms. The maximum absolute atomic E-state index is 13.3. The van der Waals surface area contributed by atoms with Crippen molar-refractivity contribution >= 4 is 12.1 Å². The van der Waals surface area contributed by atoms with Gasteiger partial charge >= 0.3 is 6.18 Å². The van der Waals surface area contributed by atoms with Crippen molar-refractivity contribution in [3.8, 4) is 0 Å². The van der Waals surface area contributed by atoms with Gasteiger partial charge in [-0.3, -0.25) is 4.79 Å². The second-order valence-corrected chi connectivity index (χ2v) is 6.34. The Balaban J connectivity index is 2.39. The number of carbonyl (C=O) groups is 1. The SMILES string of the molecule is C[C@@H](CC=N)N(C(=O)c1ccccc1C(F)(F)F)C1CCCCC1. The summed E-state index contributed by atoms with van der Waals surface area (Å²) in [5, 5.41) is 7.28. The molecular weight excluding hydrogens is 317 g/mol. The van der Waals surface area contributed by atoms with Crippen LogP contribution < -0.4 is 0 Å². The van der Waals surface area contributed by atoms with Gasteiger partial charge in [0.2, 0.25) is 0 Å². The van der Waals surface area contributed by atoms with Crippen LogP contribution in [0.25, 0.3) is 0 Å². The highest BCUT2D eigenvalue weighted by Crippen LogP contribution is 2.34. The van der Waals surface area contributed by atoms with Crippen LogP contribution in [0.5, 0.6) is 0 Å². The van der Waals surface area contributed by atoms with Gasteiger partial charge in [-0.1, -0.05) is 31.4 Å². The second kappa shape index (κ2) is 7.81. The van der Waals surface area contributed by atoms with Gasteiger partial charge in [-0.15, -0.1) is 0 Å². The van der Waals surface area contributed by atoms with Gasteiger partial charge in [0.25, 0.3) is 5.91 Å². The Hall–Kier alpha value is -1.85. The average Bonchev–Trinajstić information content (AvgIpc) is 2.55. The number of alkyl halides is 3. The van der Waals surface area contributed by atoms with Gasteiger partial charge in [0.1, 0.15) is 0 Å². The minimum Gasteiger partial charge on any atom is -0.333 e. The lowest BCUT2D eigenvalue weighted by atomic mass is 9.91. The summed E-state index contributed by atoms with van der Waals surface area (Å²) in [7, 11) is 0. The number of rotatable bonds is 5. The molecule has 6 heteroatoms. The van der Waals surface area contributed by atoms with Crippen LogP contribution in [-0.4, -0.2) is 29.1 Å². The molecular formula is C18H23F3N2O. The van der Waals surface area contributed by atoms with Gasteiger partial charge in [-0.25, -0.2) is 0 Å². The number of nitrogens with one attached hydrogen (secondary N) is 1. The molecule has 0 aromatic heterocycles. The molecule has 0 bridgehead atoms. The van der Waals surface area contributed by atoms with Gasteiger partial charge in [0, 0.05) is 18.5 Å². The second-order valence-electron chi connectivity index (χ2n) is 6.34. The number of nitrogens with zero attached hydrogens (tertiary/aromatic N) is 1. The predicted molar refractivity (Wildman–Crippen MR) is 87.3 cm³/mol. The van der Waals surface area contributed by atoms with E-state index in [1.807, 2.05) is 0 Å². The Morgan fingerprint density at radius 3 is 2.50 bits per heavy atom. The summed E-state index contributed by atoms with van der Waals surface area (Å²) in [5.74, 6) is -0.579. The van der Waals surface area contributed by atoms with E-state index >= 15 is 0 Å². The smallest absolute Gasteiger partial charge is 0.333 e. The molecule has 1 N–H and O–H groups in total. The molecule has 0 unspecified atom stereocenters. The molecule has 1 amide bonds. The molecule has 1 aliphatic rings. The van der Waals surface area contributed by atoms with Crippen LogP contribution in [0.3, 0.4) is 0 Å². The fraction of sp³-hybridized carbons (Fsp3) is 0.556. The Bertz CT molecular complexity index is 580. The van der Waals surface area contributed by atoms with Crippen LogP contribution in [-0.2, 0) is 6.18 Å². The lowest BCUT2D eigenvalue weighted by molar-refractivity contribution is -0.138. The Morgan fingerprint density at radius 1 is 1.29 bits per heavy atom.